The maximum Gasteiger partial charge on any atom is 0.155 e. The van der Waals surface area contributed by atoms with E-state index in [1.54, 1.807) is 7.11 Å². The molecule has 3 N–H and O–H groups in total. The van der Waals surface area contributed by atoms with Crippen LogP contribution in [0.15, 0.2) is 74.9 Å². The molecule has 0 unspecified atom stereocenters. The predicted octanol–water partition coefficient (Wildman–Crippen LogP) is 4.45. The van der Waals surface area contributed by atoms with E-state index in [0.29, 0.717) is 6.54 Å². The van der Waals surface area contributed by atoms with Gasteiger partial charge in [-0.25, -0.2) is 0 Å². The van der Waals surface area contributed by atoms with Crippen LogP contribution in [-0.2, 0) is 4.74 Å². The van der Waals surface area contributed by atoms with Crippen molar-refractivity contribution in [3.05, 3.63) is 69.9 Å². The minimum atomic E-state index is 0.700. The molecule has 0 spiro atoms. The van der Waals surface area contributed by atoms with Crippen LogP contribution in [0.1, 0.15) is 33.1 Å². The summed E-state index contributed by atoms with van der Waals surface area (Å²) < 4.78 is 6.47. The number of nitrogens with one attached hydrogen (secondary N) is 3. The largest absolute Gasteiger partial charge is 0.494 e. The molecule has 29 heavy (non-hydrogen) atoms. The normalized spacial score (nSPS) is 21.7. The maximum absolute atomic E-state index is 5.46. The van der Waals surface area contributed by atoms with Crippen molar-refractivity contribution in [1.82, 2.24) is 16.0 Å². The molecule has 0 radical (unpaired) electrons. The second-order valence-electron chi connectivity index (χ2n) is 6.80. The van der Waals surface area contributed by atoms with E-state index in [2.05, 4.69) is 68.1 Å². The fourth-order valence-corrected chi connectivity index (χ4v) is 3.60. The van der Waals surface area contributed by atoms with Crippen LogP contribution in [0.3, 0.4) is 0 Å². The van der Waals surface area contributed by atoms with E-state index >= 15 is 0 Å². The molecule has 0 aromatic rings. The maximum atomic E-state index is 5.46. The Kier molecular flexibility index (Phi) is 10.6. The standard InChI is InChI=1S/C19H24BrN3O.C4H9N/c1-4-6-15-8-7-14(10-17(15)22-9-5-2)11-23-18-13-21-12-16(20)19(18)24-3;1-2-4-5-3-1/h5-10,13,21,23H,4,11-12H2,1-3H3;5H,1-4H2/b9-5-,15-6+,22-17+;. The highest BCUT2D eigenvalue weighted by molar-refractivity contribution is 9.11. The highest BCUT2D eigenvalue weighted by Crippen LogP contribution is 2.22. The first-order valence-corrected chi connectivity index (χ1v) is 11.1. The summed E-state index contributed by atoms with van der Waals surface area (Å²) >= 11 is 3.53. The molecule has 0 saturated carbocycles. The van der Waals surface area contributed by atoms with Crippen LogP contribution < -0.4 is 16.0 Å². The van der Waals surface area contributed by atoms with Gasteiger partial charge in [-0.1, -0.05) is 31.2 Å². The summed E-state index contributed by atoms with van der Waals surface area (Å²) in [6, 6.07) is 0. The first-order chi connectivity index (χ1) is 14.2. The van der Waals surface area contributed by atoms with E-state index in [0.717, 1.165) is 40.2 Å². The average molecular weight is 461 g/mol. The Bertz CT molecular complexity index is 745. The molecule has 2 heterocycles. The van der Waals surface area contributed by atoms with E-state index < -0.39 is 0 Å². The number of nitrogens with zero attached hydrogens (tertiary/aromatic N) is 1. The fourth-order valence-electron chi connectivity index (χ4n) is 3.07. The summed E-state index contributed by atoms with van der Waals surface area (Å²) in [6.07, 6.45) is 18.0. The zero-order valence-electron chi connectivity index (χ0n) is 17.7. The average Bonchev–Trinajstić information content (AvgIpc) is 3.32. The highest BCUT2D eigenvalue weighted by Gasteiger charge is 2.15. The molecule has 1 saturated heterocycles. The third-order valence-electron chi connectivity index (χ3n) is 4.52. The van der Waals surface area contributed by atoms with Gasteiger partial charge < -0.3 is 20.7 Å². The van der Waals surface area contributed by atoms with Gasteiger partial charge in [0.15, 0.2) is 5.76 Å². The minimum absolute atomic E-state index is 0.700. The van der Waals surface area contributed by atoms with E-state index in [4.69, 9.17) is 4.74 Å². The SMILES string of the molecule is C1CCNC1.C\C=C/N=C1\C=C(CNC2=CNCC(Br)=C2OC)C=C\C1=C/CC. The Morgan fingerprint density at radius 1 is 1.28 bits per heavy atom. The Morgan fingerprint density at radius 2 is 2.07 bits per heavy atom. The number of rotatable bonds is 6. The van der Waals surface area contributed by atoms with Gasteiger partial charge in [-0.3, -0.25) is 4.99 Å². The molecule has 0 aromatic heterocycles. The summed E-state index contributed by atoms with van der Waals surface area (Å²) in [5.41, 5.74) is 4.27. The van der Waals surface area contributed by atoms with Gasteiger partial charge >= 0.3 is 0 Å². The summed E-state index contributed by atoms with van der Waals surface area (Å²) in [7, 11) is 1.68. The molecule has 0 amide bonds. The molecule has 6 heteroatoms. The molecule has 5 nitrogen and oxygen atoms in total. The molecule has 0 aromatic carbocycles. The molecule has 3 rings (SSSR count). The number of ether oxygens (including phenoxy) is 1. The lowest BCUT2D eigenvalue weighted by Gasteiger charge is -2.21. The molecule has 3 aliphatic rings. The van der Waals surface area contributed by atoms with Gasteiger partial charge in [0.2, 0.25) is 0 Å². The predicted molar refractivity (Wildman–Crippen MR) is 127 cm³/mol. The molecule has 2 aliphatic heterocycles. The lowest BCUT2D eigenvalue weighted by molar-refractivity contribution is 0.291. The number of aliphatic imine (C=N–C) groups is 1. The summed E-state index contributed by atoms with van der Waals surface area (Å²) in [5.74, 6) is 0.837. The second-order valence-corrected chi connectivity index (χ2v) is 7.76. The number of hydrogen-bond donors (Lipinski definition) is 3. The van der Waals surface area contributed by atoms with Crippen LogP contribution in [0.25, 0.3) is 0 Å². The Balaban J connectivity index is 0.000000521. The van der Waals surface area contributed by atoms with Crippen molar-refractivity contribution >= 4 is 21.6 Å². The van der Waals surface area contributed by atoms with Gasteiger partial charge in [-0.2, -0.15) is 0 Å². The van der Waals surface area contributed by atoms with Gasteiger partial charge in [0.25, 0.3) is 0 Å². The van der Waals surface area contributed by atoms with Crippen molar-refractivity contribution in [3.8, 4) is 0 Å². The van der Waals surface area contributed by atoms with Crippen molar-refractivity contribution in [2.75, 3.05) is 33.3 Å². The van der Waals surface area contributed by atoms with Crippen molar-refractivity contribution in [1.29, 1.82) is 0 Å². The molecule has 0 atom stereocenters. The monoisotopic (exact) mass is 460 g/mol. The summed E-state index contributed by atoms with van der Waals surface area (Å²) in [5, 5.41) is 9.85. The fraction of sp³-hybridized carbons (Fsp3) is 0.435. The van der Waals surface area contributed by atoms with Crippen molar-refractivity contribution in [2.24, 2.45) is 4.99 Å². The third kappa shape index (κ3) is 7.71. The Hall–Kier alpha value is -2.05. The molecular formula is C23H33BrN4O. The Labute approximate surface area is 183 Å². The molecule has 1 fully saturated rings. The molecule has 0 bridgehead atoms. The molecular weight excluding hydrogens is 428 g/mol. The van der Waals surface area contributed by atoms with Crippen LogP contribution in [0.2, 0.25) is 0 Å². The smallest absolute Gasteiger partial charge is 0.155 e. The lowest BCUT2D eigenvalue weighted by atomic mass is 9.99. The van der Waals surface area contributed by atoms with Gasteiger partial charge in [0.05, 0.1) is 23.0 Å². The lowest BCUT2D eigenvalue weighted by Crippen LogP contribution is -2.26. The van der Waals surface area contributed by atoms with Crippen LogP contribution in [-0.4, -0.2) is 39.0 Å². The van der Waals surface area contributed by atoms with Gasteiger partial charge in [-0.05, 0) is 72.4 Å². The van der Waals surface area contributed by atoms with E-state index in [9.17, 15) is 0 Å². The topological polar surface area (TPSA) is 57.7 Å². The number of dihydropyridines is 1. The van der Waals surface area contributed by atoms with E-state index in [1.807, 2.05) is 25.4 Å². The number of halogens is 1. The van der Waals surface area contributed by atoms with Gasteiger partial charge in [-0.15, -0.1) is 0 Å². The molecule has 1 aliphatic carbocycles. The third-order valence-corrected chi connectivity index (χ3v) is 5.16. The number of methoxy groups -OCH3 is 1. The summed E-state index contributed by atoms with van der Waals surface area (Å²) in [6.45, 7) is 8.04. The van der Waals surface area contributed by atoms with Crippen molar-refractivity contribution in [2.45, 2.75) is 33.1 Å². The van der Waals surface area contributed by atoms with Gasteiger partial charge in [0.1, 0.15) is 0 Å². The van der Waals surface area contributed by atoms with Crippen molar-refractivity contribution < 1.29 is 4.74 Å². The van der Waals surface area contributed by atoms with E-state index in [1.165, 1.54) is 31.5 Å². The number of hydrogen-bond acceptors (Lipinski definition) is 5. The zero-order valence-corrected chi connectivity index (χ0v) is 19.3. The Morgan fingerprint density at radius 3 is 2.69 bits per heavy atom. The highest BCUT2D eigenvalue weighted by atomic mass is 79.9. The van der Waals surface area contributed by atoms with Crippen LogP contribution in [0.5, 0.6) is 0 Å². The first-order valence-electron chi connectivity index (χ1n) is 10.3. The minimum Gasteiger partial charge on any atom is -0.494 e. The van der Waals surface area contributed by atoms with Crippen LogP contribution in [0, 0.1) is 0 Å². The van der Waals surface area contributed by atoms with E-state index in [-0.39, 0.29) is 0 Å². The van der Waals surface area contributed by atoms with Crippen LogP contribution >= 0.6 is 15.9 Å². The summed E-state index contributed by atoms with van der Waals surface area (Å²) in [4.78, 5) is 4.53. The molecule has 158 valence electrons. The first kappa shape index (κ1) is 23.2. The van der Waals surface area contributed by atoms with Gasteiger partial charge in [0, 0.05) is 25.5 Å². The zero-order chi connectivity index (χ0) is 20.9. The second kappa shape index (κ2) is 13.2. The number of allylic oxidation sites excluding steroid dienone is 5. The quantitative estimate of drug-likeness (QED) is 0.547. The van der Waals surface area contributed by atoms with Crippen molar-refractivity contribution in [3.63, 3.8) is 0 Å². The van der Waals surface area contributed by atoms with Crippen LogP contribution in [0.4, 0.5) is 0 Å².